The lowest BCUT2D eigenvalue weighted by atomic mass is 10.1. The lowest BCUT2D eigenvalue weighted by Gasteiger charge is -2.11. The molecule has 0 aliphatic rings. The largest absolute Gasteiger partial charge is 0.337 e. The normalized spacial score (nSPS) is 11.0. The zero-order valence-corrected chi connectivity index (χ0v) is 20.3. The van der Waals surface area contributed by atoms with E-state index in [2.05, 4.69) is 56.8 Å². The summed E-state index contributed by atoms with van der Waals surface area (Å²) in [5.41, 5.74) is 7.45. The zero-order valence-electron chi connectivity index (χ0n) is 19.5. The molecule has 2 N–H and O–H groups in total. The molecule has 7 heteroatoms. The first-order valence-corrected chi connectivity index (χ1v) is 12.0. The molecule has 0 atom stereocenters. The van der Waals surface area contributed by atoms with Crippen LogP contribution in [0.25, 0.3) is 16.7 Å². The Kier molecular flexibility index (Phi) is 6.99. The highest BCUT2D eigenvalue weighted by Gasteiger charge is 2.14. The number of hydrogen-bond acceptors (Lipinski definition) is 4. The summed E-state index contributed by atoms with van der Waals surface area (Å²) >= 11 is 1.31. The van der Waals surface area contributed by atoms with Gasteiger partial charge in [-0.3, -0.25) is 14.3 Å². The van der Waals surface area contributed by atoms with Crippen LogP contribution < -0.4 is 10.0 Å². The van der Waals surface area contributed by atoms with Crippen molar-refractivity contribution in [2.24, 2.45) is 0 Å². The molecule has 0 fully saturated rings. The monoisotopic (exact) mass is 459 g/mol. The topological polar surface area (TPSA) is 71.8 Å². The molecule has 0 aliphatic heterocycles. The fourth-order valence-electron chi connectivity index (χ4n) is 3.83. The summed E-state index contributed by atoms with van der Waals surface area (Å²) in [7, 11) is 0. The first-order valence-electron chi connectivity index (χ1n) is 11.2. The number of aromatic nitrogens is 3. The third-order valence-electron chi connectivity index (χ3n) is 5.51. The number of carbonyl (C=O) groups is 1. The Morgan fingerprint density at radius 2 is 1.73 bits per heavy atom. The van der Waals surface area contributed by atoms with E-state index >= 15 is 0 Å². The Balaban J connectivity index is 1.37. The maximum Gasteiger partial charge on any atom is 0.325 e. The van der Waals surface area contributed by atoms with Gasteiger partial charge in [0.15, 0.2) is 0 Å². The fraction of sp³-hybridized carbons (Fsp3) is 0.269. The lowest BCUT2D eigenvalue weighted by Crippen LogP contribution is -2.32. The van der Waals surface area contributed by atoms with Gasteiger partial charge >= 0.3 is 6.03 Å². The first kappa shape index (κ1) is 22.9. The number of rotatable bonds is 7. The second kappa shape index (κ2) is 10.1. The molecule has 0 radical (unpaired) electrons. The molecule has 0 aliphatic carbocycles. The van der Waals surface area contributed by atoms with Gasteiger partial charge in [-0.25, -0.2) is 9.78 Å². The highest BCUT2D eigenvalue weighted by atomic mass is 32.2. The van der Waals surface area contributed by atoms with E-state index in [1.165, 1.54) is 23.1 Å². The fourth-order valence-corrected chi connectivity index (χ4v) is 4.39. The summed E-state index contributed by atoms with van der Waals surface area (Å²) in [5, 5.41) is 2.92. The van der Waals surface area contributed by atoms with Crippen molar-refractivity contribution >= 4 is 29.0 Å². The van der Waals surface area contributed by atoms with Crippen LogP contribution in [0, 0.1) is 20.8 Å². The molecule has 170 valence electrons. The maximum atomic E-state index is 12.1. The summed E-state index contributed by atoms with van der Waals surface area (Å²) in [6.45, 7) is 8.76. The molecular formula is C26H29N5OS. The molecule has 6 nitrogen and oxygen atoms in total. The number of amides is 2. The van der Waals surface area contributed by atoms with E-state index < -0.39 is 0 Å². The van der Waals surface area contributed by atoms with Crippen molar-refractivity contribution in [3.8, 4) is 5.69 Å². The third-order valence-corrected chi connectivity index (χ3v) is 6.30. The maximum absolute atomic E-state index is 12.1. The molecule has 0 saturated carbocycles. The molecule has 2 amide bonds. The Morgan fingerprint density at radius 1 is 1.00 bits per heavy atom. The molecule has 4 rings (SSSR count). The number of fused-ring (bicyclic) bond motifs is 1. The van der Waals surface area contributed by atoms with Gasteiger partial charge < -0.3 is 5.32 Å². The number of carbonyl (C=O) groups excluding carboxylic acids is 1. The van der Waals surface area contributed by atoms with Gasteiger partial charge in [0, 0.05) is 29.2 Å². The van der Waals surface area contributed by atoms with Crippen molar-refractivity contribution in [1.29, 1.82) is 0 Å². The van der Waals surface area contributed by atoms with Crippen LogP contribution in [0.1, 0.15) is 35.3 Å². The third kappa shape index (κ3) is 5.37. The van der Waals surface area contributed by atoms with E-state index in [4.69, 9.17) is 4.98 Å². The Hall–Kier alpha value is -3.32. The molecule has 0 spiro atoms. The lowest BCUT2D eigenvalue weighted by molar-refractivity contribution is 0.246. The van der Waals surface area contributed by atoms with Crippen LogP contribution in [0.5, 0.6) is 0 Å². The molecule has 2 aromatic heterocycles. The minimum atomic E-state index is -0.186. The van der Waals surface area contributed by atoms with Crippen LogP contribution in [0.2, 0.25) is 0 Å². The number of hydrogen-bond donors (Lipinski definition) is 2. The minimum Gasteiger partial charge on any atom is -0.337 e. The van der Waals surface area contributed by atoms with Gasteiger partial charge in [0.25, 0.3) is 0 Å². The molecule has 0 saturated heterocycles. The van der Waals surface area contributed by atoms with Gasteiger partial charge in [-0.1, -0.05) is 36.8 Å². The van der Waals surface area contributed by atoms with Gasteiger partial charge in [0.1, 0.15) is 11.3 Å². The number of nitrogens with zero attached hydrogens (tertiary/aromatic N) is 3. The molecule has 33 heavy (non-hydrogen) atoms. The van der Waals surface area contributed by atoms with Gasteiger partial charge in [0.2, 0.25) is 0 Å². The van der Waals surface area contributed by atoms with Crippen LogP contribution in [0.3, 0.4) is 0 Å². The predicted octanol–water partition coefficient (Wildman–Crippen LogP) is 5.46. The molecule has 4 aromatic rings. The van der Waals surface area contributed by atoms with Gasteiger partial charge in [-0.2, -0.15) is 0 Å². The summed E-state index contributed by atoms with van der Waals surface area (Å²) in [6.07, 6.45) is 1.60. The minimum absolute atomic E-state index is 0.186. The number of imidazole rings is 1. The summed E-state index contributed by atoms with van der Waals surface area (Å²) in [5.74, 6) is 1.03. The van der Waals surface area contributed by atoms with Crippen LogP contribution in [0.15, 0.2) is 59.5 Å². The van der Waals surface area contributed by atoms with Crippen molar-refractivity contribution in [3.63, 3.8) is 0 Å². The SMILES string of the molecule is CCc1nc2c(C)nc(C)cc2n1-c1ccc(CCNC(=O)NSc2ccc(C)cc2)cc1. The average Bonchev–Trinajstić information content (AvgIpc) is 3.18. The van der Waals surface area contributed by atoms with Gasteiger partial charge in [-0.05, 0) is 75.0 Å². The van der Waals surface area contributed by atoms with Crippen molar-refractivity contribution in [2.75, 3.05) is 6.54 Å². The van der Waals surface area contributed by atoms with E-state index in [0.29, 0.717) is 6.54 Å². The molecule has 0 unspecified atom stereocenters. The Morgan fingerprint density at radius 3 is 2.42 bits per heavy atom. The number of aryl methyl sites for hydroxylation is 4. The van der Waals surface area contributed by atoms with Crippen molar-refractivity contribution < 1.29 is 4.79 Å². The number of pyridine rings is 1. The summed E-state index contributed by atoms with van der Waals surface area (Å²) < 4.78 is 5.04. The highest BCUT2D eigenvalue weighted by Crippen LogP contribution is 2.24. The van der Waals surface area contributed by atoms with E-state index in [9.17, 15) is 4.79 Å². The van der Waals surface area contributed by atoms with Gasteiger partial charge in [-0.15, -0.1) is 0 Å². The number of benzene rings is 2. The standard InChI is InChI=1S/C26H29N5OS/c1-5-24-29-25-19(4)28-18(3)16-23(25)31(24)21-10-8-20(9-11-21)14-15-27-26(32)30-33-22-12-6-17(2)7-13-22/h6-13,16H,5,14-15H2,1-4H3,(H2,27,30,32). The number of urea groups is 1. The van der Waals surface area contributed by atoms with E-state index in [1.807, 2.05) is 45.0 Å². The average molecular weight is 460 g/mol. The highest BCUT2D eigenvalue weighted by molar-refractivity contribution is 7.98. The predicted molar refractivity (Wildman–Crippen MR) is 135 cm³/mol. The van der Waals surface area contributed by atoms with Crippen molar-refractivity contribution in [2.45, 2.75) is 45.4 Å². The van der Waals surface area contributed by atoms with E-state index in [-0.39, 0.29) is 6.03 Å². The quantitative estimate of drug-likeness (QED) is 0.360. The summed E-state index contributed by atoms with van der Waals surface area (Å²) in [4.78, 5) is 22.5. The number of nitrogens with one attached hydrogen (secondary N) is 2. The zero-order chi connectivity index (χ0) is 23.4. The summed E-state index contributed by atoms with van der Waals surface area (Å²) in [6, 6.07) is 18.4. The first-order chi connectivity index (χ1) is 15.9. The van der Waals surface area contributed by atoms with Crippen LogP contribution >= 0.6 is 11.9 Å². The van der Waals surface area contributed by atoms with Gasteiger partial charge in [0.05, 0.1) is 11.2 Å². The van der Waals surface area contributed by atoms with Crippen molar-refractivity contribution in [3.05, 3.63) is 82.9 Å². The van der Waals surface area contributed by atoms with E-state index in [0.717, 1.165) is 51.7 Å². The van der Waals surface area contributed by atoms with Crippen LogP contribution in [0.4, 0.5) is 4.79 Å². The molecule has 0 bridgehead atoms. The molecule has 2 aromatic carbocycles. The van der Waals surface area contributed by atoms with Crippen LogP contribution in [-0.4, -0.2) is 27.1 Å². The smallest absolute Gasteiger partial charge is 0.325 e. The second-order valence-corrected chi connectivity index (χ2v) is 9.00. The molecule has 2 heterocycles. The van der Waals surface area contributed by atoms with E-state index in [1.54, 1.807) is 0 Å². The van der Waals surface area contributed by atoms with Crippen LogP contribution in [-0.2, 0) is 12.8 Å². The Bertz CT molecular complexity index is 1260. The second-order valence-electron chi connectivity index (χ2n) is 8.12. The Labute approximate surface area is 199 Å². The molecular weight excluding hydrogens is 430 g/mol. The van der Waals surface area contributed by atoms with Crippen molar-refractivity contribution in [1.82, 2.24) is 24.6 Å².